The summed E-state index contributed by atoms with van der Waals surface area (Å²) in [5, 5.41) is 14.3. The Kier molecular flexibility index (Phi) is 5.40. The highest BCUT2D eigenvalue weighted by atomic mass is 16.5. The van der Waals surface area contributed by atoms with E-state index in [9.17, 15) is 14.4 Å². The van der Waals surface area contributed by atoms with E-state index in [-0.39, 0.29) is 17.7 Å². The molecule has 1 aliphatic rings. The average molecular weight is 368 g/mol. The van der Waals surface area contributed by atoms with Crippen LogP contribution in [0.4, 0.5) is 11.4 Å². The van der Waals surface area contributed by atoms with Gasteiger partial charge < -0.3 is 20.5 Å². The summed E-state index contributed by atoms with van der Waals surface area (Å²) in [5.41, 5.74) is 2.35. The standard InChI is InChI=1S/C20H20N2O5/c1-12-9-16(27-11-18(23)24)7-8-17(12)22-20(26)14-3-2-4-15(10-14)21-19(25)13-5-6-13/h2-4,7-10,13H,5-6,11H2,1H3,(H,21,25)(H,22,26)(H,23,24). The van der Waals surface area contributed by atoms with Crippen LogP contribution >= 0.6 is 0 Å². The summed E-state index contributed by atoms with van der Waals surface area (Å²) in [6.07, 6.45) is 1.83. The van der Waals surface area contributed by atoms with Crippen molar-refractivity contribution in [2.45, 2.75) is 19.8 Å². The molecule has 0 radical (unpaired) electrons. The molecule has 1 aliphatic carbocycles. The zero-order chi connectivity index (χ0) is 19.4. The lowest BCUT2D eigenvalue weighted by molar-refractivity contribution is -0.139. The number of carbonyl (C=O) groups is 3. The van der Waals surface area contributed by atoms with Crippen LogP contribution in [0.2, 0.25) is 0 Å². The van der Waals surface area contributed by atoms with Crippen LogP contribution in [0, 0.1) is 12.8 Å². The number of benzene rings is 2. The molecule has 0 spiro atoms. The number of ether oxygens (including phenoxy) is 1. The Morgan fingerprint density at radius 2 is 1.89 bits per heavy atom. The second-order valence-electron chi connectivity index (χ2n) is 6.46. The van der Waals surface area contributed by atoms with E-state index in [4.69, 9.17) is 9.84 Å². The summed E-state index contributed by atoms with van der Waals surface area (Å²) in [7, 11) is 0. The zero-order valence-corrected chi connectivity index (χ0v) is 14.8. The number of aryl methyl sites for hydroxylation is 1. The van der Waals surface area contributed by atoms with Gasteiger partial charge in [-0.1, -0.05) is 6.07 Å². The molecule has 0 bridgehead atoms. The summed E-state index contributed by atoms with van der Waals surface area (Å²) in [6.45, 7) is 1.36. The van der Waals surface area contributed by atoms with Crippen LogP contribution in [-0.2, 0) is 9.59 Å². The SMILES string of the molecule is Cc1cc(OCC(=O)O)ccc1NC(=O)c1cccc(NC(=O)C2CC2)c1. The summed E-state index contributed by atoms with van der Waals surface area (Å²) in [5.74, 6) is -0.872. The van der Waals surface area contributed by atoms with E-state index in [0.717, 1.165) is 18.4 Å². The second kappa shape index (κ2) is 7.90. The van der Waals surface area contributed by atoms with Crippen molar-refractivity contribution in [2.75, 3.05) is 17.2 Å². The van der Waals surface area contributed by atoms with E-state index < -0.39 is 12.6 Å². The maximum absolute atomic E-state index is 12.5. The van der Waals surface area contributed by atoms with Crippen LogP contribution in [-0.4, -0.2) is 29.5 Å². The molecule has 1 fully saturated rings. The number of anilines is 2. The molecule has 2 amide bonds. The molecule has 140 valence electrons. The molecule has 3 N–H and O–H groups in total. The van der Waals surface area contributed by atoms with Gasteiger partial charge in [0.15, 0.2) is 6.61 Å². The lowest BCUT2D eigenvalue weighted by Gasteiger charge is -2.11. The van der Waals surface area contributed by atoms with Gasteiger partial charge in [0.1, 0.15) is 5.75 Å². The molecule has 2 aromatic carbocycles. The van der Waals surface area contributed by atoms with Crippen LogP contribution in [0.3, 0.4) is 0 Å². The van der Waals surface area contributed by atoms with Gasteiger partial charge in [0.05, 0.1) is 0 Å². The van der Waals surface area contributed by atoms with Crippen molar-refractivity contribution in [3.63, 3.8) is 0 Å². The number of hydrogen-bond donors (Lipinski definition) is 3. The van der Waals surface area contributed by atoms with Gasteiger partial charge in [-0.2, -0.15) is 0 Å². The molecule has 7 heteroatoms. The molecular formula is C20H20N2O5. The summed E-state index contributed by atoms with van der Waals surface area (Å²) >= 11 is 0. The third kappa shape index (κ3) is 5.07. The van der Waals surface area contributed by atoms with Gasteiger partial charge in [-0.3, -0.25) is 9.59 Å². The molecule has 0 atom stereocenters. The molecule has 0 heterocycles. The first kappa shape index (κ1) is 18.4. The second-order valence-corrected chi connectivity index (χ2v) is 6.46. The molecule has 7 nitrogen and oxygen atoms in total. The lowest BCUT2D eigenvalue weighted by Crippen LogP contribution is -2.16. The highest BCUT2D eigenvalue weighted by Crippen LogP contribution is 2.30. The highest BCUT2D eigenvalue weighted by Gasteiger charge is 2.29. The summed E-state index contributed by atoms with van der Waals surface area (Å²) in [6, 6.07) is 11.7. The van der Waals surface area contributed by atoms with Crippen molar-refractivity contribution in [3.8, 4) is 5.75 Å². The predicted molar refractivity (Wildman–Crippen MR) is 100 cm³/mol. The van der Waals surface area contributed by atoms with Gasteiger partial charge in [-0.25, -0.2) is 4.79 Å². The molecule has 27 heavy (non-hydrogen) atoms. The van der Waals surface area contributed by atoms with Crippen LogP contribution in [0.25, 0.3) is 0 Å². The number of carboxylic acids is 1. The Morgan fingerprint density at radius 3 is 2.56 bits per heavy atom. The first-order valence-corrected chi connectivity index (χ1v) is 8.60. The number of rotatable bonds is 7. The number of carbonyl (C=O) groups excluding carboxylic acids is 2. The fourth-order valence-corrected chi connectivity index (χ4v) is 2.53. The minimum Gasteiger partial charge on any atom is -0.482 e. The Morgan fingerprint density at radius 1 is 1.11 bits per heavy atom. The van der Waals surface area contributed by atoms with E-state index in [0.29, 0.717) is 22.7 Å². The summed E-state index contributed by atoms with van der Waals surface area (Å²) in [4.78, 5) is 34.9. The van der Waals surface area contributed by atoms with Gasteiger partial charge in [0, 0.05) is 22.9 Å². The fraction of sp³-hybridized carbons (Fsp3) is 0.250. The molecule has 0 saturated heterocycles. The average Bonchev–Trinajstić information content (AvgIpc) is 3.47. The van der Waals surface area contributed by atoms with Crippen molar-refractivity contribution in [1.29, 1.82) is 0 Å². The van der Waals surface area contributed by atoms with Crippen molar-refractivity contribution < 1.29 is 24.2 Å². The van der Waals surface area contributed by atoms with Crippen molar-refractivity contribution in [3.05, 3.63) is 53.6 Å². The maximum atomic E-state index is 12.5. The first-order chi connectivity index (χ1) is 12.9. The monoisotopic (exact) mass is 368 g/mol. The molecule has 0 aromatic heterocycles. The Bertz CT molecular complexity index is 890. The number of nitrogens with one attached hydrogen (secondary N) is 2. The first-order valence-electron chi connectivity index (χ1n) is 8.60. The topological polar surface area (TPSA) is 105 Å². The quantitative estimate of drug-likeness (QED) is 0.697. The Labute approximate surface area is 156 Å². The minimum absolute atomic E-state index is 0.0136. The van der Waals surface area contributed by atoms with E-state index >= 15 is 0 Å². The van der Waals surface area contributed by atoms with Crippen LogP contribution < -0.4 is 15.4 Å². The van der Waals surface area contributed by atoms with Gasteiger partial charge in [0.25, 0.3) is 5.91 Å². The van der Waals surface area contributed by atoms with Gasteiger partial charge in [-0.15, -0.1) is 0 Å². The molecule has 3 rings (SSSR count). The molecule has 1 saturated carbocycles. The van der Waals surface area contributed by atoms with Gasteiger partial charge in [-0.05, 0) is 61.7 Å². The van der Waals surface area contributed by atoms with Crippen LogP contribution in [0.15, 0.2) is 42.5 Å². The van der Waals surface area contributed by atoms with Gasteiger partial charge in [0.2, 0.25) is 5.91 Å². The molecular weight excluding hydrogens is 348 g/mol. The van der Waals surface area contributed by atoms with Crippen molar-refractivity contribution in [1.82, 2.24) is 0 Å². The van der Waals surface area contributed by atoms with E-state index in [1.54, 1.807) is 49.4 Å². The largest absolute Gasteiger partial charge is 0.482 e. The summed E-state index contributed by atoms with van der Waals surface area (Å²) < 4.78 is 5.12. The third-order valence-electron chi connectivity index (χ3n) is 4.15. The smallest absolute Gasteiger partial charge is 0.341 e. The van der Waals surface area contributed by atoms with E-state index in [2.05, 4.69) is 10.6 Å². The van der Waals surface area contributed by atoms with Crippen LogP contribution in [0.1, 0.15) is 28.8 Å². The van der Waals surface area contributed by atoms with Gasteiger partial charge >= 0.3 is 5.97 Å². The fourth-order valence-electron chi connectivity index (χ4n) is 2.53. The van der Waals surface area contributed by atoms with Crippen LogP contribution in [0.5, 0.6) is 5.75 Å². The van der Waals surface area contributed by atoms with E-state index in [1.807, 2.05) is 0 Å². The van der Waals surface area contributed by atoms with Crippen molar-refractivity contribution >= 4 is 29.2 Å². The molecule has 0 aliphatic heterocycles. The number of amides is 2. The lowest BCUT2D eigenvalue weighted by atomic mass is 10.1. The minimum atomic E-state index is -1.06. The molecule has 2 aromatic rings. The normalized spacial score (nSPS) is 12.9. The zero-order valence-electron chi connectivity index (χ0n) is 14.8. The maximum Gasteiger partial charge on any atom is 0.341 e. The number of hydrogen-bond acceptors (Lipinski definition) is 4. The highest BCUT2D eigenvalue weighted by molar-refractivity contribution is 6.05. The number of aliphatic carboxylic acids is 1. The van der Waals surface area contributed by atoms with Crippen molar-refractivity contribution in [2.24, 2.45) is 5.92 Å². The Balaban J connectivity index is 1.66. The Hall–Kier alpha value is -3.35. The third-order valence-corrected chi connectivity index (χ3v) is 4.15. The number of carboxylic acid groups (broad SMARTS) is 1. The molecule has 0 unspecified atom stereocenters. The van der Waals surface area contributed by atoms with E-state index in [1.165, 1.54) is 0 Å². The predicted octanol–water partition coefficient (Wildman–Crippen LogP) is 3.06.